The van der Waals surface area contributed by atoms with Crippen LogP contribution in [0.15, 0.2) is 97.1 Å². The molecule has 5 heterocycles. The minimum Gasteiger partial charge on any atom is -0.657 e. The van der Waals surface area contributed by atoms with Crippen LogP contribution >= 0.6 is 92.8 Å². The predicted octanol–water partition coefficient (Wildman–Crippen LogP) is 15.4. The van der Waals surface area contributed by atoms with E-state index in [1.54, 1.807) is 103 Å². The molecule has 60 heavy (non-hydrogen) atoms. The van der Waals surface area contributed by atoms with Gasteiger partial charge in [0.15, 0.2) is 0 Å². The summed E-state index contributed by atoms with van der Waals surface area (Å²) in [7, 11) is 0. The van der Waals surface area contributed by atoms with Gasteiger partial charge in [-0.2, -0.15) is 0 Å². The van der Waals surface area contributed by atoms with Crippen molar-refractivity contribution in [2.45, 2.75) is 0 Å². The molecule has 0 unspecified atom stereocenters. The predicted molar refractivity (Wildman–Crippen MR) is 245 cm³/mol. The molecule has 0 aliphatic carbocycles. The molecule has 9 rings (SSSR count). The van der Waals surface area contributed by atoms with Crippen LogP contribution < -0.4 is 9.97 Å². The second kappa shape index (κ2) is 16.9. The van der Waals surface area contributed by atoms with Crippen LogP contribution in [-0.4, -0.2) is 14.9 Å². The Bertz CT molecular complexity index is 3130. The summed E-state index contributed by atoms with van der Waals surface area (Å²) in [6.07, 6.45) is 4.96. The smallest absolute Gasteiger partial charge is 0.657 e. The maximum absolute atomic E-state index is 13.1. The fourth-order valence-electron chi connectivity index (χ4n) is 7.26. The Morgan fingerprint density at radius 3 is 1.05 bits per heavy atom. The second-order valence-corrected chi connectivity index (χ2v) is 16.4. The number of rotatable bonds is 5. The van der Waals surface area contributed by atoms with E-state index in [0.29, 0.717) is 81.4 Å². The minimum absolute atomic E-state index is 0. The normalized spacial score (nSPS) is 12.0. The Labute approximate surface area is 392 Å². The number of aromatic nitrogens is 4. The van der Waals surface area contributed by atoms with E-state index in [9.17, 15) is 10.1 Å². The fourth-order valence-corrected chi connectivity index (χ4v) is 9.60. The molecule has 299 valence electrons. The Balaban J connectivity index is 0.00000499. The number of nitrogens with zero attached hydrogens (tertiary/aromatic N) is 5. The van der Waals surface area contributed by atoms with Crippen molar-refractivity contribution in [3.05, 3.63) is 170 Å². The molecule has 0 saturated heterocycles. The topological polar surface area (TPSA) is 97.1 Å². The molecule has 2 aliphatic rings. The van der Waals surface area contributed by atoms with Crippen LogP contribution in [0.5, 0.6) is 0 Å². The van der Waals surface area contributed by atoms with Crippen LogP contribution in [-0.2, 0) is 17.1 Å². The van der Waals surface area contributed by atoms with Gasteiger partial charge in [0.1, 0.15) is 5.69 Å². The summed E-state index contributed by atoms with van der Waals surface area (Å²) in [4.78, 5) is 32.9. The van der Waals surface area contributed by atoms with Gasteiger partial charge >= 0.3 is 17.1 Å². The van der Waals surface area contributed by atoms with Gasteiger partial charge in [-0.1, -0.05) is 141 Å². The monoisotopic (exact) mass is 992 g/mol. The molecule has 0 N–H and O–H groups in total. The molecule has 3 aromatic heterocycles. The van der Waals surface area contributed by atoms with E-state index >= 15 is 0 Å². The van der Waals surface area contributed by atoms with Crippen LogP contribution in [0.25, 0.3) is 90.5 Å². The van der Waals surface area contributed by atoms with Gasteiger partial charge in [-0.3, -0.25) is 10.1 Å². The van der Waals surface area contributed by atoms with Crippen LogP contribution in [0.3, 0.4) is 0 Å². The first-order valence-corrected chi connectivity index (χ1v) is 20.4. The molecule has 4 aromatic carbocycles. The van der Waals surface area contributed by atoms with Crippen molar-refractivity contribution in [1.82, 2.24) is 19.9 Å². The Morgan fingerprint density at radius 1 is 0.417 bits per heavy atom. The quantitative estimate of drug-likeness (QED) is 0.0968. The largest absolute Gasteiger partial charge is 2.00 e. The van der Waals surface area contributed by atoms with E-state index in [2.05, 4.69) is 0 Å². The molecule has 0 saturated carbocycles. The van der Waals surface area contributed by atoms with E-state index in [1.165, 1.54) is 6.08 Å². The van der Waals surface area contributed by atoms with Crippen molar-refractivity contribution in [3.8, 4) is 44.5 Å². The Hall–Kier alpha value is -4.28. The van der Waals surface area contributed by atoms with Crippen molar-refractivity contribution >= 4 is 139 Å². The van der Waals surface area contributed by atoms with Gasteiger partial charge in [-0.25, -0.2) is 9.97 Å². The first-order chi connectivity index (χ1) is 28.4. The SMILES string of the molecule is O=[N+]([O-])C1=Cc2nc1c(-c1c(Cl)cccc1Cl)c1ccc([n-]1)c(-c1c(Cl)cccc1Cl)c1nc(c(-c3c(Cl)cccc3Cl)c3ccc([n-]3)c2-c2c(Cl)cccc2Cl)C=C1.[Cu+2]. The van der Waals surface area contributed by atoms with Gasteiger partial charge in [-0.05, 0) is 77.4 Å². The Kier molecular flexibility index (Phi) is 11.9. The molecule has 8 bridgehead atoms. The van der Waals surface area contributed by atoms with Gasteiger partial charge < -0.3 is 9.97 Å². The third kappa shape index (κ3) is 7.33. The minimum atomic E-state index is -0.536. The van der Waals surface area contributed by atoms with Crippen molar-refractivity contribution in [3.63, 3.8) is 0 Å². The number of halogens is 8. The zero-order valence-electron chi connectivity index (χ0n) is 29.8. The van der Waals surface area contributed by atoms with Crippen molar-refractivity contribution < 1.29 is 22.0 Å². The van der Waals surface area contributed by atoms with E-state index in [0.717, 1.165) is 0 Å². The average molecular weight is 997 g/mol. The average Bonchev–Trinajstić information content (AvgIpc) is 4.03. The number of fused-ring (bicyclic) bond motifs is 8. The zero-order chi connectivity index (χ0) is 41.3. The van der Waals surface area contributed by atoms with Crippen LogP contribution in [0.2, 0.25) is 40.2 Å². The number of nitro groups is 1. The molecular formula is C44H19Cl8CuN5O2. The summed E-state index contributed by atoms with van der Waals surface area (Å²) in [6.45, 7) is 0. The molecule has 16 heteroatoms. The summed E-state index contributed by atoms with van der Waals surface area (Å²) in [5.41, 5.74) is 4.90. The summed E-state index contributed by atoms with van der Waals surface area (Å²) in [6, 6.07) is 27.2. The van der Waals surface area contributed by atoms with Crippen molar-refractivity contribution in [2.75, 3.05) is 0 Å². The van der Waals surface area contributed by atoms with Crippen molar-refractivity contribution in [1.29, 1.82) is 0 Å². The van der Waals surface area contributed by atoms with Gasteiger partial charge in [0.25, 0.3) is 5.70 Å². The molecule has 2 aliphatic heterocycles. The van der Waals surface area contributed by atoms with Crippen LogP contribution in [0.1, 0.15) is 22.8 Å². The van der Waals surface area contributed by atoms with Gasteiger partial charge in [0.2, 0.25) is 0 Å². The summed E-state index contributed by atoms with van der Waals surface area (Å²) in [5, 5.41) is 15.4. The maximum atomic E-state index is 13.1. The van der Waals surface area contributed by atoms with Gasteiger partial charge in [0.05, 0.1) is 22.0 Å². The van der Waals surface area contributed by atoms with E-state index in [-0.39, 0.29) is 70.9 Å². The summed E-state index contributed by atoms with van der Waals surface area (Å²) < 4.78 is 0. The molecule has 7 aromatic rings. The second-order valence-electron chi connectivity index (χ2n) is 13.2. The summed E-state index contributed by atoms with van der Waals surface area (Å²) in [5.74, 6) is 0. The third-order valence-electron chi connectivity index (χ3n) is 9.75. The number of hydrogen-bond acceptors (Lipinski definition) is 4. The standard InChI is InChI=1S/C44H19Cl8N5O2.Cu/c45-20-5-1-6-21(46)36(20)40-28-13-14-29(53-28)41(37-22(47)7-2-8-23(37)48)31-17-18-33(55-31)43(39-26(51)11-4-12-27(39)52)44-35(57(58)59)19-34(56-44)42(32-16-15-30(40)54-32)38-24(49)9-3-10-25(38)50;/h1-19H;/q-2;+2. The Morgan fingerprint density at radius 2 is 0.717 bits per heavy atom. The van der Waals surface area contributed by atoms with E-state index in [4.69, 9.17) is 113 Å². The van der Waals surface area contributed by atoms with Gasteiger partial charge in [-0.15, -0.1) is 22.1 Å². The van der Waals surface area contributed by atoms with Crippen LogP contribution in [0, 0.1) is 10.1 Å². The zero-order valence-corrected chi connectivity index (χ0v) is 36.8. The van der Waals surface area contributed by atoms with Crippen LogP contribution in [0.4, 0.5) is 0 Å². The third-order valence-corrected chi connectivity index (χ3v) is 12.3. The van der Waals surface area contributed by atoms with E-state index in [1.807, 2.05) is 6.08 Å². The van der Waals surface area contributed by atoms with E-state index < -0.39 is 4.92 Å². The van der Waals surface area contributed by atoms with Gasteiger partial charge in [0, 0.05) is 74.1 Å². The fraction of sp³-hybridized carbons (Fsp3) is 0. The molecule has 0 amide bonds. The first-order valence-electron chi connectivity index (χ1n) is 17.4. The number of benzene rings is 4. The molecule has 0 fully saturated rings. The summed E-state index contributed by atoms with van der Waals surface area (Å²) >= 11 is 55.2. The molecule has 7 nitrogen and oxygen atoms in total. The first kappa shape index (κ1) is 42.4. The molecule has 0 spiro atoms. The molecule has 0 atom stereocenters. The van der Waals surface area contributed by atoms with Crippen molar-refractivity contribution in [2.24, 2.45) is 0 Å². The number of hydrogen-bond donors (Lipinski definition) is 0. The molecule has 1 radical (unpaired) electrons. The maximum Gasteiger partial charge on any atom is 2.00 e. The molecular weight excluding hydrogens is 978 g/mol.